The molecule has 0 bridgehead atoms. The molecule has 27 heavy (non-hydrogen) atoms. The summed E-state index contributed by atoms with van der Waals surface area (Å²) >= 11 is 0. The largest absolute Gasteiger partial charge is 0.365 e. The first-order valence-electron chi connectivity index (χ1n) is 9.16. The molecule has 2 heterocycles. The lowest BCUT2D eigenvalue weighted by atomic mass is 10.0. The van der Waals surface area contributed by atoms with Gasteiger partial charge in [0.15, 0.2) is 0 Å². The van der Waals surface area contributed by atoms with Crippen molar-refractivity contribution in [3.8, 4) is 0 Å². The fourth-order valence-electron chi connectivity index (χ4n) is 3.72. The van der Waals surface area contributed by atoms with Gasteiger partial charge in [0.1, 0.15) is 5.82 Å². The number of carbonyl (C=O) groups is 1. The van der Waals surface area contributed by atoms with Gasteiger partial charge in [-0.1, -0.05) is 25.7 Å². The first-order chi connectivity index (χ1) is 12.2. The van der Waals surface area contributed by atoms with Crippen LogP contribution in [0, 0.1) is 5.92 Å². The second-order valence-electron chi connectivity index (χ2n) is 7.01. The van der Waals surface area contributed by atoms with Gasteiger partial charge in [-0.25, -0.2) is 10.5 Å². The van der Waals surface area contributed by atoms with E-state index in [-0.39, 0.29) is 24.8 Å². The van der Waals surface area contributed by atoms with E-state index in [4.69, 9.17) is 5.21 Å². The van der Waals surface area contributed by atoms with Crippen LogP contribution < -0.4 is 10.8 Å². The maximum Gasteiger partial charge on any atom is 0.267 e. The number of rotatable bonds is 7. The van der Waals surface area contributed by atoms with Crippen molar-refractivity contribution in [2.24, 2.45) is 5.92 Å². The van der Waals surface area contributed by atoms with Gasteiger partial charge in [0.25, 0.3) is 5.91 Å². The van der Waals surface area contributed by atoms with Gasteiger partial charge in [0.2, 0.25) is 0 Å². The maximum absolute atomic E-state index is 10.9. The molecule has 1 saturated carbocycles. The van der Waals surface area contributed by atoms with Crippen LogP contribution in [-0.4, -0.2) is 51.7 Å². The summed E-state index contributed by atoms with van der Waals surface area (Å²) in [5.41, 5.74) is 2.10. The highest BCUT2D eigenvalue weighted by atomic mass is 35.5. The molecule has 1 aliphatic heterocycles. The van der Waals surface area contributed by atoms with E-state index in [0.717, 1.165) is 31.2 Å². The Hall–Kier alpha value is -1.41. The molecule has 0 radical (unpaired) electrons. The van der Waals surface area contributed by atoms with Gasteiger partial charge < -0.3 is 10.2 Å². The third-order valence-corrected chi connectivity index (χ3v) is 5.14. The minimum absolute atomic E-state index is 0. The molecule has 3 rings (SSSR count). The Morgan fingerprint density at radius 1 is 1.22 bits per heavy atom. The number of hydroxylamine groups is 1. The number of hydrogen-bond donors (Lipinski definition) is 3. The van der Waals surface area contributed by atoms with E-state index in [0.29, 0.717) is 11.7 Å². The van der Waals surface area contributed by atoms with Gasteiger partial charge >= 0.3 is 0 Å². The van der Waals surface area contributed by atoms with Gasteiger partial charge in [-0.05, 0) is 31.4 Å². The molecule has 1 atom stereocenters. The Kier molecular flexibility index (Phi) is 10.6. The van der Waals surface area contributed by atoms with Crippen LogP contribution >= 0.6 is 24.8 Å². The van der Waals surface area contributed by atoms with Gasteiger partial charge in [-0.15, -0.1) is 24.8 Å². The second kappa shape index (κ2) is 12.1. The number of carbonyl (C=O) groups excluding carboxylic acids is 1. The molecule has 9 heteroatoms. The van der Waals surface area contributed by atoms with Gasteiger partial charge in [0.05, 0.1) is 18.1 Å². The molecule has 2 aliphatic rings. The first-order valence-corrected chi connectivity index (χ1v) is 9.16. The number of nitrogens with one attached hydrogen (secondary N) is 2. The molecule has 0 spiro atoms. The van der Waals surface area contributed by atoms with Crippen LogP contribution in [0.25, 0.3) is 6.08 Å². The summed E-state index contributed by atoms with van der Waals surface area (Å²) in [6.45, 7) is 3.42. The summed E-state index contributed by atoms with van der Waals surface area (Å²) in [4.78, 5) is 22.1. The van der Waals surface area contributed by atoms with Crippen LogP contribution in [0.1, 0.15) is 44.2 Å². The van der Waals surface area contributed by atoms with E-state index in [2.05, 4.69) is 20.2 Å². The van der Waals surface area contributed by atoms with Gasteiger partial charge in [0, 0.05) is 25.2 Å². The lowest BCUT2D eigenvalue weighted by Gasteiger charge is -2.19. The number of likely N-dealkylation sites (tertiary alicyclic amines) is 1. The average molecular weight is 418 g/mol. The maximum atomic E-state index is 10.9. The predicted molar refractivity (Wildman–Crippen MR) is 111 cm³/mol. The Balaban J connectivity index is 0.00000182. The number of hydrogen-bond acceptors (Lipinski definition) is 6. The molecule has 152 valence electrons. The molecule has 7 nitrogen and oxygen atoms in total. The van der Waals surface area contributed by atoms with Crippen molar-refractivity contribution >= 4 is 42.6 Å². The Morgan fingerprint density at radius 3 is 2.67 bits per heavy atom. The Morgan fingerprint density at radius 2 is 2.00 bits per heavy atom. The summed E-state index contributed by atoms with van der Waals surface area (Å²) in [6, 6.07) is 0.416. The summed E-state index contributed by atoms with van der Waals surface area (Å²) in [5.74, 6) is 1.12. The highest BCUT2D eigenvalue weighted by Gasteiger charge is 2.24. The van der Waals surface area contributed by atoms with E-state index in [1.54, 1.807) is 12.4 Å². The van der Waals surface area contributed by atoms with Crippen molar-refractivity contribution in [1.82, 2.24) is 20.3 Å². The number of halogens is 2. The molecule has 2 fully saturated rings. The monoisotopic (exact) mass is 417 g/mol. The van der Waals surface area contributed by atoms with E-state index in [1.165, 1.54) is 56.3 Å². The normalized spacial score (nSPS) is 20.3. The fraction of sp³-hybridized carbons (Fsp3) is 0.611. The fourth-order valence-corrected chi connectivity index (χ4v) is 3.72. The zero-order valence-corrected chi connectivity index (χ0v) is 17.0. The highest BCUT2D eigenvalue weighted by molar-refractivity contribution is 5.90. The van der Waals surface area contributed by atoms with Crippen LogP contribution in [0.15, 0.2) is 18.5 Å². The van der Waals surface area contributed by atoms with Crippen LogP contribution in [0.3, 0.4) is 0 Å². The first kappa shape index (κ1) is 23.6. The Bertz CT molecular complexity index is 594. The zero-order valence-electron chi connectivity index (χ0n) is 15.3. The van der Waals surface area contributed by atoms with E-state index in [9.17, 15) is 4.79 Å². The number of amides is 1. The Labute approximate surface area is 172 Å². The molecular formula is C18H29Cl2N5O2. The number of anilines is 1. The van der Waals surface area contributed by atoms with Crippen molar-refractivity contribution < 1.29 is 10.0 Å². The van der Waals surface area contributed by atoms with Crippen molar-refractivity contribution in [3.05, 3.63) is 24.2 Å². The lowest BCUT2D eigenvalue weighted by molar-refractivity contribution is -0.124. The van der Waals surface area contributed by atoms with E-state index < -0.39 is 5.91 Å². The van der Waals surface area contributed by atoms with Crippen LogP contribution in [0.2, 0.25) is 0 Å². The van der Waals surface area contributed by atoms with Crippen molar-refractivity contribution in [2.75, 3.05) is 25.0 Å². The third-order valence-electron chi connectivity index (χ3n) is 5.14. The quantitative estimate of drug-likeness (QED) is 0.358. The highest BCUT2D eigenvalue weighted by Crippen LogP contribution is 2.28. The molecule has 1 aliphatic carbocycles. The van der Waals surface area contributed by atoms with Crippen molar-refractivity contribution in [3.63, 3.8) is 0 Å². The smallest absolute Gasteiger partial charge is 0.267 e. The number of aromatic nitrogens is 2. The standard InChI is InChI=1S/C18H27N5O2.2ClH/c24-18(22-25)6-5-15-11-20-17(12-19-15)21-16-8-10-23(13-16)9-7-14-3-1-2-4-14;;/h5-6,11-12,14,16,25H,1-4,7-10,13H2,(H,20,21)(H,22,24);2*1H/b6-5+;;/t16-;;/m1../s1. The summed E-state index contributed by atoms with van der Waals surface area (Å²) in [6.07, 6.45) is 14.1. The van der Waals surface area contributed by atoms with Crippen LogP contribution in [-0.2, 0) is 4.79 Å². The molecule has 1 saturated heterocycles. The van der Waals surface area contributed by atoms with Crippen molar-refractivity contribution in [2.45, 2.75) is 44.6 Å². The summed E-state index contributed by atoms with van der Waals surface area (Å²) in [7, 11) is 0. The molecule has 0 aromatic carbocycles. The van der Waals surface area contributed by atoms with Crippen molar-refractivity contribution in [1.29, 1.82) is 0 Å². The van der Waals surface area contributed by atoms with E-state index in [1.807, 2.05) is 0 Å². The number of nitrogens with zero attached hydrogens (tertiary/aromatic N) is 3. The topological polar surface area (TPSA) is 90.4 Å². The average Bonchev–Trinajstić information content (AvgIpc) is 3.31. The molecule has 1 amide bonds. The molecular weight excluding hydrogens is 389 g/mol. The minimum Gasteiger partial charge on any atom is -0.365 e. The molecule has 1 aromatic rings. The summed E-state index contributed by atoms with van der Waals surface area (Å²) < 4.78 is 0. The third kappa shape index (κ3) is 7.62. The van der Waals surface area contributed by atoms with Gasteiger partial charge in [-0.2, -0.15) is 0 Å². The SMILES string of the molecule is Cl.Cl.O=C(/C=C/c1cnc(N[C@@H]2CCN(CCC3CCCC3)C2)cn1)NO. The molecule has 3 N–H and O–H groups in total. The zero-order chi connectivity index (χ0) is 17.5. The lowest BCUT2D eigenvalue weighted by Crippen LogP contribution is -2.28. The van der Waals surface area contributed by atoms with Crippen LogP contribution in [0.4, 0.5) is 5.82 Å². The second-order valence-corrected chi connectivity index (χ2v) is 7.01. The van der Waals surface area contributed by atoms with Crippen LogP contribution in [0.5, 0.6) is 0 Å². The predicted octanol–water partition coefficient (Wildman–Crippen LogP) is 2.91. The minimum atomic E-state index is -0.590. The van der Waals surface area contributed by atoms with Gasteiger partial charge in [-0.3, -0.25) is 15.0 Å². The molecule has 0 unspecified atom stereocenters. The molecule has 1 aromatic heterocycles. The summed E-state index contributed by atoms with van der Waals surface area (Å²) in [5, 5.41) is 11.9. The van der Waals surface area contributed by atoms with E-state index >= 15 is 0 Å².